The molecule has 0 spiro atoms. The SMILES string of the molecule is O=C(CN1C(=O)N[C@](Cc2ccccc2)(c2ccccc2)C1=O)NCCc1cccs1. The average molecular weight is 434 g/mol. The Labute approximate surface area is 184 Å². The van der Waals surface area contributed by atoms with Crippen molar-refractivity contribution >= 4 is 29.2 Å². The van der Waals surface area contributed by atoms with Crippen LogP contribution >= 0.6 is 11.3 Å². The lowest BCUT2D eigenvalue weighted by atomic mass is 9.83. The molecule has 6 nitrogen and oxygen atoms in total. The number of amides is 4. The van der Waals surface area contributed by atoms with Crippen LogP contribution in [0.3, 0.4) is 0 Å². The van der Waals surface area contributed by atoms with Crippen LogP contribution in [0.1, 0.15) is 16.0 Å². The lowest BCUT2D eigenvalue weighted by Gasteiger charge is -2.27. The van der Waals surface area contributed by atoms with E-state index in [0.29, 0.717) is 24.9 Å². The van der Waals surface area contributed by atoms with Gasteiger partial charge in [-0.25, -0.2) is 4.79 Å². The first-order chi connectivity index (χ1) is 15.1. The maximum atomic E-state index is 13.5. The van der Waals surface area contributed by atoms with Crippen molar-refractivity contribution in [3.63, 3.8) is 0 Å². The number of urea groups is 1. The molecule has 1 aromatic heterocycles. The zero-order valence-electron chi connectivity index (χ0n) is 16.9. The number of nitrogens with zero attached hydrogens (tertiary/aromatic N) is 1. The summed E-state index contributed by atoms with van der Waals surface area (Å²) >= 11 is 1.63. The van der Waals surface area contributed by atoms with Gasteiger partial charge in [0.1, 0.15) is 6.54 Å². The molecule has 2 heterocycles. The van der Waals surface area contributed by atoms with Crippen molar-refractivity contribution in [3.8, 4) is 0 Å². The van der Waals surface area contributed by atoms with Gasteiger partial charge >= 0.3 is 6.03 Å². The summed E-state index contributed by atoms with van der Waals surface area (Å²) in [7, 11) is 0. The highest BCUT2D eigenvalue weighted by Crippen LogP contribution is 2.32. The molecule has 1 saturated heterocycles. The first-order valence-corrected chi connectivity index (χ1v) is 11.0. The molecule has 2 N–H and O–H groups in total. The quantitative estimate of drug-likeness (QED) is 0.536. The summed E-state index contributed by atoms with van der Waals surface area (Å²) in [5.74, 6) is -0.774. The number of nitrogens with one attached hydrogen (secondary N) is 2. The van der Waals surface area contributed by atoms with Gasteiger partial charge in [-0.2, -0.15) is 0 Å². The highest BCUT2D eigenvalue weighted by Gasteiger charge is 2.52. The Kier molecular flexibility index (Phi) is 6.13. The number of hydrogen-bond acceptors (Lipinski definition) is 4. The number of carbonyl (C=O) groups is 3. The Morgan fingerprint density at radius 3 is 2.35 bits per heavy atom. The van der Waals surface area contributed by atoms with Crippen LogP contribution in [0.15, 0.2) is 78.2 Å². The van der Waals surface area contributed by atoms with E-state index in [4.69, 9.17) is 0 Å². The highest BCUT2D eigenvalue weighted by molar-refractivity contribution is 7.09. The zero-order chi connectivity index (χ0) is 21.7. The van der Waals surface area contributed by atoms with Gasteiger partial charge in [0, 0.05) is 17.8 Å². The minimum Gasteiger partial charge on any atom is -0.354 e. The topological polar surface area (TPSA) is 78.5 Å². The van der Waals surface area contributed by atoms with Crippen molar-refractivity contribution in [3.05, 3.63) is 94.2 Å². The van der Waals surface area contributed by atoms with Crippen LogP contribution in [0.2, 0.25) is 0 Å². The molecule has 7 heteroatoms. The fourth-order valence-electron chi connectivity index (χ4n) is 3.79. The van der Waals surface area contributed by atoms with Crippen molar-refractivity contribution in [2.45, 2.75) is 18.4 Å². The molecule has 0 saturated carbocycles. The standard InChI is InChI=1S/C24H23N3O3S/c28-21(25-14-13-20-12-7-15-31-20)17-27-22(29)24(26-23(27)30,19-10-5-2-6-11-19)16-18-8-3-1-4-9-18/h1-12,15H,13-14,16-17H2,(H,25,28)(H,26,30)/t24-/m1/s1. The first-order valence-electron chi connectivity index (χ1n) is 10.1. The Morgan fingerprint density at radius 2 is 1.68 bits per heavy atom. The van der Waals surface area contributed by atoms with Crippen molar-refractivity contribution in [1.82, 2.24) is 15.5 Å². The molecule has 0 aliphatic carbocycles. The number of rotatable bonds is 8. The fraction of sp³-hybridized carbons (Fsp3) is 0.208. The molecule has 1 atom stereocenters. The van der Waals surface area contributed by atoms with Gasteiger partial charge in [-0.3, -0.25) is 14.5 Å². The van der Waals surface area contributed by atoms with Gasteiger partial charge in [-0.05, 0) is 29.0 Å². The highest BCUT2D eigenvalue weighted by atomic mass is 32.1. The normalized spacial score (nSPS) is 18.1. The van der Waals surface area contributed by atoms with Gasteiger partial charge in [0.05, 0.1) is 0 Å². The lowest BCUT2D eigenvalue weighted by molar-refractivity contribution is -0.135. The van der Waals surface area contributed by atoms with Crippen molar-refractivity contribution in [2.24, 2.45) is 0 Å². The molecule has 4 amide bonds. The first kappa shape index (κ1) is 20.8. The molecule has 158 valence electrons. The van der Waals surface area contributed by atoms with Crippen LogP contribution in [-0.4, -0.2) is 35.8 Å². The molecular formula is C24H23N3O3S. The van der Waals surface area contributed by atoms with Crippen LogP contribution in [0, 0.1) is 0 Å². The molecule has 2 aromatic carbocycles. The van der Waals surface area contributed by atoms with Gasteiger partial charge in [0.15, 0.2) is 5.54 Å². The molecule has 0 unspecified atom stereocenters. The van der Waals surface area contributed by atoms with Crippen LogP contribution < -0.4 is 10.6 Å². The van der Waals surface area contributed by atoms with Crippen molar-refractivity contribution in [2.75, 3.05) is 13.1 Å². The van der Waals surface area contributed by atoms with E-state index in [1.807, 2.05) is 78.2 Å². The molecule has 4 rings (SSSR count). The monoisotopic (exact) mass is 433 g/mol. The van der Waals surface area contributed by atoms with Gasteiger partial charge in [0.2, 0.25) is 5.91 Å². The number of carbonyl (C=O) groups excluding carboxylic acids is 3. The molecule has 31 heavy (non-hydrogen) atoms. The Bertz CT molecular complexity index is 1050. The van der Waals surface area contributed by atoms with E-state index >= 15 is 0 Å². The van der Waals surface area contributed by atoms with E-state index in [1.165, 1.54) is 4.88 Å². The van der Waals surface area contributed by atoms with Gasteiger partial charge in [-0.15, -0.1) is 11.3 Å². The van der Waals surface area contributed by atoms with Crippen LogP contribution in [0.4, 0.5) is 4.79 Å². The molecule has 1 fully saturated rings. The minimum absolute atomic E-state index is 0.304. The summed E-state index contributed by atoms with van der Waals surface area (Å²) < 4.78 is 0. The summed E-state index contributed by atoms with van der Waals surface area (Å²) in [5.41, 5.74) is 0.372. The van der Waals surface area contributed by atoms with Crippen LogP contribution in [0.25, 0.3) is 0 Å². The second-order valence-corrected chi connectivity index (χ2v) is 8.47. The third kappa shape index (κ3) is 4.51. The number of imide groups is 1. The number of benzene rings is 2. The minimum atomic E-state index is -1.24. The van der Waals surface area contributed by atoms with Gasteiger partial charge in [-0.1, -0.05) is 66.7 Å². The third-order valence-corrected chi connectivity index (χ3v) is 6.27. The summed E-state index contributed by atoms with van der Waals surface area (Å²) in [6.07, 6.45) is 1.02. The maximum Gasteiger partial charge on any atom is 0.325 e. The predicted molar refractivity (Wildman–Crippen MR) is 120 cm³/mol. The largest absolute Gasteiger partial charge is 0.354 e. The second-order valence-electron chi connectivity index (χ2n) is 7.43. The number of hydrogen-bond donors (Lipinski definition) is 2. The Morgan fingerprint density at radius 1 is 0.968 bits per heavy atom. The number of thiophene rings is 1. The fourth-order valence-corrected chi connectivity index (χ4v) is 4.50. The van der Waals surface area contributed by atoms with E-state index in [0.717, 1.165) is 10.5 Å². The molecular weight excluding hydrogens is 410 g/mol. The summed E-state index contributed by atoms with van der Waals surface area (Å²) in [5, 5.41) is 7.66. The second kappa shape index (κ2) is 9.14. The molecule has 1 aliphatic heterocycles. The van der Waals surface area contributed by atoms with Crippen molar-refractivity contribution in [1.29, 1.82) is 0 Å². The van der Waals surface area contributed by atoms with Gasteiger partial charge in [0.25, 0.3) is 5.91 Å². The third-order valence-electron chi connectivity index (χ3n) is 5.33. The van der Waals surface area contributed by atoms with E-state index in [-0.39, 0.29) is 12.5 Å². The molecule has 0 bridgehead atoms. The van der Waals surface area contributed by atoms with Crippen LogP contribution in [0.5, 0.6) is 0 Å². The van der Waals surface area contributed by atoms with E-state index in [9.17, 15) is 14.4 Å². The summed E-state index contributed by atoms with van der Waals surface area (Å²) in [6.45, 7) is 0.148. The average Bonchev–Trinajstić information content (AvgIpc) is 3.38. The smallest absolute Gasteiger partial charge is 0.325 e. The Balaban J connectivity index is 1.50. The zero-order valence-corrected chi connectivity index (χ0v) is 17.7. The van der Waals surface area contributed by atoms with E-state index < -0.39 is 17.5 Å². The Hall–Kier alpha value is -3.45. The summed E-state index contributed by atoms with van der Waals surface area (Å²) in [4.78, 5) is 40.9. The summed E-state index contributed by atoms with van der Waals surface area (Å²) in [6, 6.07) is 22.1. The van der Waals surface area contributed by atoms with Crippen LogP contribution in [-0.2, 0) is 28.0 Å². The van der Waals surface area contributed by atoms with Crippen molar-refractivity contribution < 1.29 is 14.4 Å². The van der Waals surface area contributed by atoms with E-state index in [2.05, 4.69) is 10.6 Å². The molecule has 1 aliphatic rings. The lowest BCUT2D eigenvalue weighted by Crippen LogP contribution is -2.47. The molecule has 0 radical (unpaired) electrons. The maximum absolute atomic E-state index is 13.5. The van der Waals surface area contributed by atoms with E-state index in [1.54, 1.807) is 11.3 Å². The predicted octanol–water partition coefficient (Wildman–Crippen LogP) is 3.10. The molecule has 3 aromatic rings. The van der Waals surface area contributed by atoms with Gasteiger partial charge < -0.3 is 10.6 Å².